The monoisotopic (exact) mass is 323 g/mol. The van der Waals surface area contributed by atoms with E-state index in [0.29, 0.717) is 22.6 Å². The van der Waals surface area contributed by atoms with Crippen molar-refractivity contribution in [2.45, 2.75) is 25.3 Å². The number of aliphatic hydroxyl groups is 1. The number of halogens is 1. The van der Waals surface area contributed by atoms with Crippen molar-refractivity contribution in [3.63, 3.8) is 0 Å². The van der Waals surface area contributed by atoms with E-state index in [1.165, 1.54) is 0 Å². The molecule has 0 unspecified atom stereocenters. The first-order valence-corrected chi connectivity index (χ1v) is 8.52. The summed E-state index contributed by atoms with van der Waals surface area (Å²) in [5, 5.41) is 12.2. The first kappa shape index (κ1) is 16.2. The number of hydrogen-bond acceptors (Lipinski definition) is 3. The number of carbonyl (C=O) groups is 1. The molecule has 0 aliphatic carbocycles. The van der Waals surface area contributed by atoms with Gasteiger partial charge in [-0.05, 0) is 42.5 Å². The highest BCUT2D eigenvalue weighted by Crippen LogP contribution is 2.19. The van der Waals surface area contributed by atoms with Gasteiger partial charge < -0.3 is 10.4 Å². The van der Waals surface area contributed by atoms with Crippen molar-refractivity contribution in [1.29, 1.82) is 0 Å². The standard InChI is InChI=1S/C16H18ClNO2S/c17-15-11-13(5-4-12(15)3-1-2-8-19)16(20)18-14-6-9-21-10-7-14/h4-5,11,14,19H,2,6-10H2,(H,18,20). The predicted octanol–water partition coefficient (Wildman–Crippen LogP) is 2.70. The SMILES string of the molecule is O=C(NC1CCSCC1)c1ccc(C#CCCO)c(Cl)c1. The molecule has 1 heterocycles. The summed E-state index contributed by atoms with van der Waals surface area (Å²) in [6.45, 7) is 0.0325. The highest BCUT2D eigenvalue weighted by molar-refractivity contribution is 7.99. The van der Waals surface area contributed by atoms with E-state index in [1.807, 2.05) is 11.8 Å². The number of hydrogen-bond donors (Lipinski definition) is 2. The maximum Gasteiger partial charge on any atom is 0.251 e. The van der Waals surface area contributed by atoms with E-state index in [-0.39, 0.29) is 18.6 Å². The summed E-state index contributed by atoms with van der Waals surface area (Å²) < 4.78 is 0. The number of thioether (sulfide) groups is 1. The number of carbonyl (C=O) groups excluding carboxylic acids is 1. The third-order valence-electron chi connectivity index (χ3n) is 3.25. The lowest BCUT2D eigenvalue weighted by atomic mass is 10.1. The predicted molar refractivity (Wildman–Crippen MR) is 87.8 cm³/mol. The molecule has 2 rings (SSSR count). The van der Waals surface area contributed by atoms with Gasteiger partial charge in [-0.3, -0.25) is 4.79 Å². The quantitative estimate of drug-likeness (QED) is 0.841. The van der Waals surface area contributed by atoms with Gasteiger partial charge in [-0.25, -0.2) is 0 Å². The van der Waals surface area contributed by atoms with E-state index in [9.17, 15) is 4.79 Å². The Kier molecular flexibility index (Phi) is 6.44. The highest BCUT2D eigenvalue weighted by Gasteiger charge is 2.17. The van der Waals surface area contributed by atoms with Gasteiger partial charge in [0.15, 0.2) is 0 Å². The zero-order valence-corrected chi connectivity index (χ0v) is 13.3. The molecule has 0 spiro atoms. The summed E-state index contributed by atoms with van der Waals surface area (Å²) in [5.41, 5.74) is 1.24. The van der Waals surface area contributed by atoms with Crippen LogP contribution in [0.3, 0.4) is 0 Å². The molecule has 3 nitrogen and oxygen atoms in total. The number of aliphatic hydroxyl groups excluding tert-OH is 1. The van der Waals surface area contributed by atoms with Crippen LogP contribution in [0.25, 0.3) is 0 Å². The molecule has 1 fully saturated rings. The van der Waals surface area contributed by atoms with Crippen molar-refractivity contribution in [1.82, 2.24) is 5.32 Å². The van der Waals surface area contributed by atoms with Crippen molar-refractivity contribution in [2.75, 3.05) is 18.1 Å². The second-order valence-corrected chi connectivity index (χ2v) is 6.46. The molecule has 0 saturated carbocycles. The Morgan fingerprint density at radius 2 is 2.19 bits per heavy atom. The minimum Gasteiger partial charge on any atom is -0.395 e. The lowest BCUT2D eigenvalue weighted by molar-refractivity contribution is 0.0935. The number of benzene rings is 1. The average molecular weight is 324 g/mol. The lowest BCUT2D eigenvalue weighted by Crippen LogP contribution is -2.37. The van der Waals surface area contributed by atoms with Gasteiger partial charge in [0.1, 0.15) is 0 Å². The average Bonchev–Trinajstić information content (AvgIpc) is 2.50. The van der Waals surface area contributed by atoms with Crippen LogP contribution in [0.5, 0.6) is 0 Å². The maximum atomic E-state index is 12.2. The van der Waals surface area contributed by atoms with Crippen LogP contribution in [0.2, 0.25) is 5.02 Å². The molecule has 0 radical (unpaired) electrons. The minimum atomic E-state index is -0.0799. The summed E-state index contributed by atoms with van der Waals surface area (Å²) in [6.07, 6.45) is 2.46. The van der Waals surface area contributed by atoms with Crippen LogP contribution >= 0.6 is 23.4 Å². The third kappa shape index (κ3) is 4.96. The van der Waals surface area contributed by atoms with Crippen molar-refractivity contribution in [3.05, 3.63) is 34.3 Å². The van der Waals surface area contributed by atoms with E-state index in [4.69, 9.17) is 16.7 Å². The Hall–Kier alpha value is -1.15. The molecular formula is C16H18ClNO2S. The van der Waals surface area contributed by atoms with Crippen molar-refractivity contribution < 1.29 is 9.90 Å². The minimum absolute atomic E-state index is 0.0325. The molecular weight excluding hydrogens is 306 g/mol. The molecule has 1 aliphatic rings. The second-order valence-electron chi connectivity index (χ2n) is 4.83. The van der Waals surface area contributed by atoms with Gasteiger partial charge in [-0.1, -0.05) is 23.4 Å². The number of amides is 1. The normalized spacial score (nSPS) is 15.1. The van der Waals surface area contributed by atoms with Crippen LogP contribution in [0.1, 0.15) is 35.2 Å². The summed E-state index contributed by atoms with van der Waals surface area (Å²) >= 11 is 8.08. The summed E-state index contributed by atoms with van der Waals surface area (Å²) in [5.74, 6) is 7.83. The van der Waals surface area contributed by atoms with Crippen LogP contribution in [0.15, 0.2) is 18.2 Å². The van der Waals surface area contributed by atoms with Crippen LogP contribution in [-0.4, -0.2) is 35.2 Å². The Labute approximate surface area is 134 Å². The zero-order valence-electron chi connectivity index (χ0n) is 11.7. The molecule has 2 N–H and O–H groups in total. The van der Waals surface area contributed by atoms with Gasteiger partial charge in [0.25, 0.3) is 5.91 Å². The van der Waals surface area contributed by atoms with Gasteiger partial charge in [-0.2, -0.15) is 11.8 Å². The summed E-state index contributed by atoms with van der Waals surface area (Å²) in [6, 6.07) is 5.40. The van der Waals surface area contributed by atoms with E-state index in [2.05, 4.69) is 17.2 Å². The van der Waals surface area contributed by atoms with Gasteiger partial charge in [0.2, 0.25) is 0 Å². The molecule has 112 valence electrons. The molecule has 1 saturated heterocycles. The first-order valence-electron chi connectivity index (χ1n) is 6.98. The fraction of sp³-hybridized carbons (Fsp3) is 0.438. The van der Waals surface area contributed by atoms with Crippen molar-refractivity contribution in [2.24, 2.45) is 0 Å². The number of nitrogens with one attached hydrogen (secondary N) is 1. The Morgan fingerprint density at radius 1 is 1.43 bits per heavy atom. The Bertz CT molecular complexity index is 559. The molecule has 1 amide bonds. The largest absolute Gasteiger partial charge is 0.395 e. The fourth-order valence-corrected chi connectivity index (χ4v) is 3.42. The molecule has 1 aliphatic heterocycles. The van der Waals surface area contributed by atoms with Gasteiger partial charge in [0.05, 0.1) is 11.6 Å². The van der Waals surface area contributed by atoms with Gasteiger partial charge in [0, 0.05) is 23.6 Å². The first-order chi connectivity index (χ1) is 10.2. The van der Waals surface area contributed by atoms with E-state index in [1.54, 1.807) is 18.2 Å². The van der Waals surface area contributed by atoms with E-state index in [0.717, 1.165) is 24.3 Å². The smallest absolute Gasteiger partial charge is 0.251 e. The molecule has 1 aromatic rings. The Morgan fingerprint density at radius 3 is 2.86 bits per heavy atom. The lowest BCUT2D eigenvalue weighted by Gasteiger charge is -2.22. The maximum absolute atomic E-state index is 12.2. The number of rotatable bonds is 3. The molecule has 1 aromatic carbocycles. The topological polar surface area (TPSA) is 49.3 Å². The second kappa shape index (κ2) is 8.33. The van der Waals surface area contributed by atoms with Crippen LogP contribution in [0.4, 0.5) is 0 Å². The molecule has 5 heteroatoms. The van der Waals surface area contributed by atoms with Crippen molar-refractivity contribution in [3.8, 4) is 11.8 Å². The Balaban J connectivity index is 2.01. The third-order valence-corrected chi connectivity index (χ3v) is 4.61. The van der Waals surface area contributed by atoms with Crippen LogP contribution < -0.4 is 5.32 Å². The van der Waals surface area contributed by atoms with Gasteiger partial charge >= 0.3 is 0 Å². The fourth-order valence-electron chi connectivity index (χ4n) is 2.08. The van der Waals surface area contributed by atoms with E-state index >= 15 is 0 Å². The van der Waals surface area contributed by atoms with Crippen molar-refractivity contribution >= 4 is 29.3 Å². The molecule has 21 heavy (non-hydrogen) atoms. The van der Waals surface area contributed by atoms with E-state index < -0.39 is 0 Å². The van der Waals surface area contributed by atoms with Crippen LogP contribution in [-0.2, 0) is 0 Å². The summed E-state index contributed by atoms with van der Waals surface area (Å²) in [7, 11) is 0. The van der Waals surface area contributed by atoms with Crippen LogP contribution in [0, 0.1) is 11.8 Å². The molecule has 0 aromatic heterocycles. The zero-order chi connectivity index (χ0) is 15.1. The molecule has 0 atom stereocenters. The molecule has 0 bridgehead atoms. The highest BCUT2D eigenvalue weighted by atomic mass is 35.5. The summed E-state index contributed by atoms with van der Waals surface area (Å²) in [4.78, 5) is 12.2. The van der Waals surface area contributed by atoms with Gasteiger partial charge in [-0.15, -0.1) is 0 Å².